The van der Waals surface area contributed by atoms with Gasteiger partial charge in [-0.3, -0.25) is 4.79 Å². The second-order valence-corrected chi connectivity index (χ2v) is 5.27. The topological polar surface area (TPSA) is 52.3 Å². The summed E-state index contributed by atoms with van der Waals surface area (Å²) in [6.45, 7) is 1.56. The summed E-state index contributed by atoms with van der Waals surface area (Å²) in [7, 11) is 1.09. The molecule has 0 aliphatic heterocycles. The van der Waals surface area contributed by atoms with Crippen LogP contribution in [0.3, 0.4) is 0 Å². The van der Waals surface area contributed by atoms with Crippen molar-refractivity contribution in [1.29, 1.82) is 0 Å². The van der Waals surface area contributed by atoms with Crippen LogP contribution in [0, 0.1) is 0 Å². The number of rotatable bonds is 5. The van der Waals surface area contributed by atoms with Gasteiger partial charge in [0.25, 0.3) is 0 Å². The lowest BCUT2D eigenvalue weighted by Crippen LogP contribution is -2.33. The first-order chi connectivity index (χ1) is 10.9. The first-order valence-electron chi connectivity index (χ1n) is 7.03. The van der Waals surface area contributed by atoms with Gasteiger partial charge in [-0.2, -0.15) is 26.3 Å². The molecule has 0 radical (unpaired) electrons. The molecule has 1 aromatic carbocycles. The zero-order chi connectivity index (χ0) is 18.7. The Hall–Kier alpha value is -1.77. The normalized spacial score (nSPS) is 15.0. The number of alkyl halides is 6. The molecule has 2 atom stereocenters. The molecule has 0 fully saturated rings. The van der Waals surface area contributed by atoms with Gasteiger partial charge < -0.3 is 10.5 Å². The van der Waals surface area contributed by atoms with Crippen molar-refractivity contribution in [2.45, 2.75) is 44.1 Å². The highest BCUT2D eigenvalue weighted by Gasteiger charge is 2.39. The van der Waals surface area contributed by atoms with E-state index < -0.39 is 41.4 Å². The molecular weight excluding hydrogens is 340 g/mol. The quantitative estimate of drug-likeness (QED) is 0.637. The largest absolute Gasteiger partial charge is 0.468 e. The van der Waals surface area contributed by atoms with E-state index in [1.165, 1.54) is 0 Å². The zero-order valence-electron chi connectivity index (χ0n) is 13.0. The van der Waals surface area contributed by atoms with Gasteiger partial charge in [-0.05, 0) is 36.5 Å². The highest BCUT2D eigenvalue weighted by atomic mass is 19.4. The number of carbonyl (C=O) groups excluding carboxylic acids is 1. The lowest BCUT2D eigenvalue weighted by molar-refractivity contribution is -0.143. The van der Waals surface area contributed by atoms with Crippen molar-refractivity contribution in [1.82, 2.24) is 0 Å². The molecule has 2 unspecified atom stereocenters. The van der Waals surface area contributed by atoms with Crippen molar-refractivity contribution in [2.24, 2.45) is 5.73 Å². The Morgan fingerprint density at radius 2 is 1.75 bits per heavy atom. The Kier molecular flexibility index (Phi) is 6.26. The third-order valence-corrected chi connectivity index (χ3v) is 3.66. The van der Waals surface area contributed by atoms with E-state index in [4.69, 9.17) is 5.73 Å². The van der Waals surface area contributed by atoms with Gasteiger partial charge in [0.1, 0.15) is 6.04 Å². The average molecular weight is 357 g/mol. The van der Waals surface area contributed by atoms with Crippen LogP contribution in [-0.2, 0) is 21.9 Å². The summed E-state index contributed by atoms with van der Waals surface area (Å²) in [6.07, 6.45) is -9.85. The minimum atomic E-state index is -4.96. The van der Waals surface area contributed by atoms with Crippen molar-refractivity contribution in [3.8, 4) is 0 Å². The van der Waals surface area contributed by atoms with Gasteiger partial charge in [-0.15, -0.1) is 0 Å². The van der Waals surface area contributed by atoms with Crippen LogP contribution in [0.4, 0.5) is 26.3 Å². The smallest absolute Gasteiger partial charge is 0.416 e. The van der Waals surface area contributed by atoms with Crippen LogP contribution in [-0.4, -0.2) is 19.1 Å². The Morgan fingerprint density at radius 3 is 2.17 bits per heavy atom. The molecule has 0 aliphatic rings. The summed E-state index contributed by atoms with van der Waals surface area (Å²) in [6, 6.07) is 0.311. The predicted octanol–water partition coefficient (Wildman–Crippen LogP) is 4.11. The highest BCUT2D eigenvalue weighted by molar-refractivity contribution is 5.75. The van der Waals surface area contributed by atoms with Gasteiger partial charge in [-0.25, -0.2) is 0 Å². The minimum absolute atomic E-state index is 0.0850. The average Bonchev–Trinajstić information content (AvgIpc) is 2.49. The van der Waals surface area contributed by atoms with Crippen LogP contribution in [0.5, 0.6) is 0 Å². The zero-order valence-corrected chi connectivity index (χ0v) is 13.0. The maximum Gasteiger partial charge on any atom is 0.416 e. The summed E-state index contributed by atoms with van der Waals surface area (Å²) >= 11 is 0. The maximum atomic E-state index is 13.2. The van der Waals surface area contributed by atoms with E-state index in [-0.39, 0.29) is 24.5 Å². The molecular formula is C15H17F6NO2. The van der Waals surface area contributed by atoms with Crippen molar-refractivity contribution < 1.29 is 35.9 Å². The van der Waals surface area contributed by atoms with Crippen LogP contribution >= 0.6 is 0 Å². The van der Waals surface area contributed by atoms with E-state index in [1.54, 1.807) is 6.92 Å². The summed E-state index contributed by atoms with van der Waals surface area (Å²) in [5.41, 5.74) is 2.48. The van der Waals surface area contributed by atoms with Gasteiger partial charge >= 0.3 is 18.3 Å². The molecule has 0 amide bonds. The van der Waals surface area contributed by atoms with Crippen molar-refractivity contribution in [2.75, 3.05) is 7.11 Å². The number of esters is 1. The molecule has 0 saturated heterocycles. The van der Waals surface area contributed by atoms with E-state index in [0.717, 1.165) is 13.2 Å². The van der Waals surface area contributed by atoms with Crippen LogP contribution in [0.15, 0.2) is 18.2 Å². The molecule has 24 heavy (non-hydrogen) atoms. The monoisotopic (exact) mass is 357 g/mol. The maximum absolute atomic E-state index is 13.2. The van der Waals surface area contributed by atoms with Gasteiger partial charge in [-0.1, -0.05) is 13.0 Å². The number of halogens is 6. The third-order valence-electron chi connectivity index (χ3n) is 3.66. The summed E-state index contributed by atoms with van der Waals surface area (Å²) < 4.78 is 82.0. The van der Waals surface area contributed by atoms with E-state index >= 15 is 0 Å². The SMILES string of the molecule is CCC(CC(N)C(=O)OC)c1ccc(C(F)(F)F)cc1C(F)(F)F. The lowest BCUT2D eigenvalue weighted by atomic mass is 9.86. The molecule has 0 aliphatic carbocycles. The second kappa shape index (κ2) is 7.42. The highest BCUT2D eigenvalue weighted by Crippen LogP contribution is 2.41. The van der Waals surface area contributed by atoms with Crippen LogP contribution < -0.4 is 5.73 Å². The second-order valence-electron chi connectivity index (χ2n) is 5.27. The fourth-order valence-electron chi connectivity index (χ4n) is 2.40. The molecule has 1 aromatic rings. The number of hydrogen-bond donors (Lipinski definition) is 1. The Bertz CT molecular complexity index is 582. The van der Waals surface area contributed by atoms with Crippen LogP contribution in [0.2, 0.25) is 0 Å². The fraction of sp³-hybridized carbons (Fsp3) is 0.533. The molecule has 0 saturated carbocycles. The predicted molar refractivity (Wildman–Crippen MR) is 74.1 cm³/mol. The first-order valence-corrected chi connectivity index (χ1v) is 7.03. The fourth-order valence-corrected chi connectivity index (χ4v) is 2.40. The summed E-state index contributed by atoms with van der Waals surface area (Å²) in [5, 5.41) is 0. The molecule has 0 bridgehead atoms. The molecule has 1 rings (SSSR count). The van der Waals surface area contributed by atoms with Gasteiger partial charge in [0.2, 0.25) is 0 Å². The van der Waals surface area contributed by atoms with Crippen LogP contribution in [0.1, 0.15) is 42.4 Å². The number of methoxy groups -OCH3 is 1. The Morgan fingerprint density at radius 1 is 1.17 bits per heavy atom. The van der Waals surface area contributed by atoms with E-state index in [0.29, 0.717) is 6.07 Å². The third kappa shape index (κ3) is 4.86. The molecule has 0 spiro atoms. The number of nitrogens with two attached hydrogens (primary N) is 1. The summed E-state index contributed by atoms with van der Waals surface area (Å²) in [5.74, 6) is -1.63. The summed E-state index contributed by atoms with van der Waals surface area (Å²) in [4.78, 5) is 11.3. The van der Waals surface area contributed by atoms with Crippen molar-refractivity contribution in [3.05, 3.63) is 34.9 Å². The first kappa shape index (κ1) is 20.3. The minimum Gasteiger partial charge on any atom is -0.468 e. The van der Waals surface area contributed by atoms with E-state index in [1.807, 2.05) is 0 Å². The molecule has 9 heteroatoms. The number of benzene rings is 1. The Labute approximate surface area is 134 Å². The van der Waals surface area contributed by atoms with E-state index in [9.17, 15) is 31.1 Å². The number of carbonyl (C=O) groups is 1. The van der Waals surface area contributed by atoms with Gasteiger partial charge in [0.05, 0.1) is 18.2 Å². The Balaban J connectivity index is 3.32. The molecule has 0 heterocycles. The molecule has 0 aromatic heterocycles. The van der Waals surface area contributed by atoms with E-state index in [2.05, 4.69) is 4.74 Å². The number of hydrogen-bond acceptors (Lipinski definition) is 3. The number of ether oxygens (including phenoxy) is 1. The molecule has 3 nitrogen and oxygen atoms in total. The van der Waals surface area contributed by atoms with Crippen molar-refractivity contribution in [3.63, 3.8) is 0 Å². The molecule has 136 valence electrons. The van der Waals surface area contributed by atoms with Gasteiger partial charge in [0, 0.05) is 0 Å². The van der Waals surface area contributed by atoms with Gasteiger partial charge in [0.15, 0.2) is 0 Å². The van der Waals surface area contributed by atoms with Crippen molar-refractivity contribution >= 4 is 5.97 Å². The molecule has 2 N–H and O–H groups in total. The lowest BCUT2D eigenvalue weighted by Gasteiger charge is -2.23. The standard InChI is InChI=1S/C15H17F6NO2/c1-3-8(6-12(22)13(23)24-2)10-5-4-9(14(16,17)18)7-11(10)15(19,20)21/h4-5,7-8,12H,3,6,22H2,1-2H3. The van der Waals surface area contributed by atoms with Crippen LogP contribution in [0.25, 0.3) is 0 Å².